The van der Waals surface area contributed by atoms with Gasteiger partial charge in [0.05, 0.1) is 0 Å². The second kappa shape index (κ2) is 7.88. The molecule has 1 aliphatic rings. The zero-order chi connectivity index (χ0) is 16.8. The Balaban J connectivity index is 1.53. The Kier molecular flexibility index (Phi) is 5.39. The summed E-state index contributed by atoms with van der Waals surface area (Å²) >= 11 is 0. The van der Waals surface area contributed by atoms with Gasteiger partial charge in [-0.3, -0.25) is 14.7 Å². The summed E-state index contributed by atoms with van der Waals surface area (Å²) in [7, 11) is 0. The predicted molar refractivity (Wildman–Crippen MR) is 96.3 cm³/mol. The molecule has 4 nitrogen and oxygen atoms in total. The summed E-state index contributed by atoms with van der Waals surface area (Å²) in [4.78, 5) is 20.9. The van der Waals surface area contributed by atoms with Crippen molar-refractivity contribution in [1.29, 1.82) is 0 Å². The quantitative estimate of drug-likeness (QED) is 0.812. The third-order valence-electron chi connectivity index (χ3n) is 4.56. The maximum Gasteiger partial charge on any atom is 0.246 e. The second-order valence-corrected chi connectivity index (χ2v) is 6.07. The molecule has 1 atom stereocenters. The maximum absolute atomic E-state index is 12.3. The minimum Gasteiger partial charge on any atom is -0.337 e. The molecule has 4 heteroatoms. The zero-order valence-corrected chi connectivity index (χ0v) is 14.0. The number of pyridine rings is 1. The van der Waals surface area contributed by atoms with Crippen LogP contribution in [0.2, 0.25) is 0 Å². The number of piperazine rings is 1. The summed E-state index contributed by atoms with van der Waals surface area (Å²) in [6.45, 7) is 5.51. The first-order valence-corrected chi connectivity index (χ1v) is 8.40. The number of amides is 1. The van der Waals surface area contributed by atoms with Gasteiger partial charge in [0, 0.05) is 50.7 Å². The molecule has 3 rings (SSSR count). The Hall–Kier alpha value is -2.46. The Bertz CT molecular complexity index is 677. The molecule has 1 amide bonds. The van der Waals surface area contributed by atoms with Gasteiger partial charge in [-0.05, 0) is 30.2 Å². The smallest absolute Gasteiger partial charge is 0.246 e. The van der Waals surface area contributed by atoms with Crippen LogP contribution >= 0.6 is 0 Å². The van der Waals surface area contributed by atoms with Gasteiger partial charge in [-0.1, -0.05) is 36.4 Å². The lowest BCUT2D eigenvalue weighted by Gasteiger charge is -2.37. The average Bonchev–Trinajstić information content (AvgIpc) is 2.67. The van der Waals surface area contributed by atoms with Gasteiger partial charge in [0.2, 0.25) is 5.91 Å². The van der Waals surface area contributed by atoms with E-state index in [0.29, 0.717) is 6.04 Å². The molecule has 124 valence electrons. The van der Waals surface area contributed by atoms with Crippen LogP contribution in [0.4, 0.5) is 0 Å². The molecule has 1 unspecified atom stereocenters. The molecule has 0 radical (unpaired) electrons. The number of benzene rings is 1. The van der Waals surface area contributed by atoms with Crippen LogP contribution in [0.15, 0.2) is 60.9 Å². The third kappa shape index (κ3) is 4.09. The third-order valence-corrected chi connectivity index (χ3v) is 4.56. The van der Waals surface area contributed by atoms with Crippen LogP contribution in [0.3, 0.4) is 0 Å². The van der Waals surface area contributed by atoms with E-state index in [1.54, 1.807) is 12.3 Å². The van der Waals surface area contributed by atoms with Crippen molar-refractivity contribution >= 4 is 12.0 Å². The van der Waals surface area contributed by atoms with Crippen molar-refractivity contribution in [2.45, 2.75) is 13.0 Å². The molecule has 0 spiro atoms. The number of hydrogen-bond acceptors (Lipinski definition) is 3. The average molecular weight is 321 g/mol. The van der Waals surface area contributed by atoms with Crippen molar-refractivity contribution < 1.29 is 4.79 Å². The number of rotatable bonds is 4. The number of aromatic nitrogens is 1. The Morgan fingerprint density at radius 1 is 1.08 bits per heavy atom. The van der Waals surface area contributed by atoms with E-state index in [4.69, 9.17) is 0 Å². The van der Waals surface area contributed by atoms with Gasteiger partial charge in [-0.25, -0.2) is 0 Å². The minimum atomic E-state index is 0.0903. The van der Waals surface area contributed by atoms with E-state index in [1.165, 1.54) is 5.56 Å². The molecule has 0 N–H and O–H groups in total. The number of nitrogens with zero attached hydrogens (tertiary/aromatic N) is 3. The van der Waals surface area contributed by atoms with E-state index in [1.807, 2.05) is 53.6 Å². The lowest BCUT2D eigenvalue weighted by molar-refractivity contribution is -0.127. The Morgan fingerprint density at radius 2 is 1.83 bits per heavy atom. The summed E-state index contributed by atoms with van der Waals surface area (Å²) in [6.07, 6.45) is 7.28. The molecule has 2 aromatic rings. The molecule has 0 bridgehead atoms. The van der Waals surface area contributed by atoms with E-state index >= 15 is 0 Å². The van der Waals surface area contributed by atoms with Gasteiger partial charge in [-0.2, -0.15) is 0 Å². The van der Waals surface area contributed by atoms with Gasteiger partial charge in [0.25, 0.3) is 0 Å². The van der Waals surface area contributed by atoms with Crippen molar-refractivity contribution in [1.82, 2.24) is 14.8 Å². The second-order valence-electron chi connectivity index (χ2n) is 6.07. The van der Waals surface area contributed by atoms with E-state index in [-0.39, 0.29) is 5.91 Å². The molecule has 1 aromatic carbocycles. The van der Waals surface area contributed by atoms with Crippen LogP contribution in [0, 0.1) is 0 Å². The first kappa shape index (κ1) is 16.4. The monoisotopic (exact) mass is 321 g/mol. The summed E-state index contributed by atoms with van der Waals surface area (Å²) in [6, 6.07) is 14.3. The lowest BCUT2D eigenvalue weighted by Crippen LogP contribution is -2.48. The summed E-state index contributed by atoms with van der Waals surface area (Å²) < 4.78 is 0. The van der Waals surface area contributed by atoms with Crippen molar-refractivity contribution in [2.75, 3.05) is 26.2 Å². The van der Waals surface area contributed by atoms with Crippen LogP contribution in [0.1, 0.15) is 24.1 Å². The van der Waals surface area contributed by atoms with Crippen LogP contribution in [-0.4, -0.2) is 46.9 Å². The fraction of sp³-hybridized carbons (Fsp3) is 0.300. The van der Waals surface area contributed by atoms with E-state index < -0.39 is 0 Å². The first-order chi connectivity index (χ1) is 11.7. The van der Waals surface area contributed by atoms with Crippen molar-refractivity contribution in [3.63, 3.8) is 0 Å². The fourth-order valence-corrected chi connectivity index (χ4v) is 3.00. The summed E-state index contributed by atoms with van der Waals surface area (Å²) in [5.41, 5.74) is 2.27. The van der Waals surface area contributed by atoms with E-state index in [2.05, 4.69) is 22.9 Å². The van der Waals surface area contributed by atoms with Crippen LogP contribution in [-0.2, 0) is 4.79 Å². The van der Waals surface area contributed by atoms with Crippen LogP contribution in [0.5, 0.6) is 0 Å². The van der Waals surface area contributed by atoms with Gasteiger partial charge < -0.3 is 4.90 Å². The topological polar surface area (TPSA) is 36.4 Å². The normalized spacial score (nSPS) is 17.1. The highest BCUT2D eigenvalue weighted by molar-refractivity contribution is 5.91. The summed E-state index contributed by atoms with van der Waals surface area (Å²) in [5, 5.41) is 0. The maximum atomic E-state index is 12.3. The van der Waals surface area contributed by atoms with Crippen molar-refractivity contribution in [3.8, 4) is 0 Å². The highest BCUT2D eigenvalue weighted by atomic mass is 16.2. The highest BCUT2D eigenvalue weighted by Gasteiger charge is 2.23. The van der Waals surface area contributed by atoms with Crippen molar-refractivity contribution in [2.24, 2.45) is 0 Å². The van der Waals surface area contributed by atoms with Crippen molar-refractivity contribution in [3.05, 3.63) is 72.1 Å². The van der Waals surface area contributed by atoms with Gasteiger partial charge in [0.15, 0.2) is 0 Å². The molecule has 1 saturated heterocycles. The van der Waals surface area contributed by atoms with E-state index in [9.17, 15) is 4.79 Å². The fourth-order valence-electron chi connectivity index (χ4n) is 3.00. The molecule has 0 saturated carbocycles. The zero-order valence-electron chi connectivity index (χ0n) is 14.0. The molecule has 2 heterocycles. The minimum absolute atomic E-state index is 0.0903. The predicted octanol–water partition coefficient (Wildman–Crippen LogP) is 3.00. The largest absolute Gasteiger partial charge is 0.337 e. The lowest BCUT2D eigenvalue weighted by atomic mass is 10.1. The molecular weight excluding hydrogens is 298 g/mol. The van der Waals surface area contributed by atoms with Gasteiger partial charge in [0.1, 0.15) is 0 Å². The number of hydrogen-bond donors (Lipinski definition) is 0. The Labute approximate surface area is 143 Å². The van der Waals surface area contributed by atoms with E-state index in [0.717, 1.165) is 31.7 Å². The molecule has 1 aliphatic heterocycles. The van der Waals surface area contributed by atoms with Gasteiger partial charge >= 0.3 is 0 Å². The molecule has 1 fully saturated rings. The summed E-state index contributed by atoms with van der Waals surface area (Å²) in [5.74, 6) is 0.0903. The molecule has 1 aromatic heterocycles. The SMILES string of the molecule is CC(c1cccnc1)N1CCN(C(=O)/C=C/c2ccccc2)CC1. The highest BCUT2D eigenvalue weighted by Crippen LogP contribution is 2.20. The first-order valence-electron chi connectivity index (χ1n) is 8.40. The number of carbonyl (C=O) groups excluding carboxylic acids is 1. The molecular formula is C20H23N3O. The standard InChI is InChI=1S/C20H23N3O/c1-17(19-8-5-11-21-16-19)22-12-14-23(15-13-22)20(24)10-9-18-6-3-2-4-7-18/h2-11,16-17H,12-15H2,1H3/b10-9+. The molecule has 0 aliphatic carbocycles. The molecule has 24 heavy (non-hydrogen) atoms. The van der Waals surface area contributed by atoms with Gasteiger partial charge in [-0.15, -0.1) is 0 Å². The van der Waals surface area contributed by atoms with Crippen LogP contribution < -0.4 is 0 Å². The van der Waals surface area contributed by atoms with Crippen LogP contribution in [0.25, 0.3) is 6.08 Å². The Morgan fingerprint density at radius 3 is 2.50 bits per heavy atom. The number of carbonyl (C=O) groups is 1.